The lowest BCUT2D eigenvalue weighted by molar-refractivity contribution is -0.0835. The number of aromatic nitrogens is 1. The monoisotopic (exact) mass is 347 g/mol. The summed E-state index contributed by atoms with van der Waals surface area (Å²) < 4.78 is 5.98. The summed E-state index contributed by atoms with van der Waals surface area (Å²) in [7, 11) is 0. The van der Waals surface area contributed by atoms with Crippen molar-refractivity contribution in [1.82, 2.24) is 14.8 Å². The maximum atomic E-state index is 5.98. The molecule has 2 atom stereocenters. The third kappa shape index (κ3) is 3.05. The number of nitrogens with zero attached hydrogens (tertiary/aromatic N) is 2. The zero-order valence-electron chi connectivity index (χ0n) is 15.0. The van der Waals surface area contributed by atoms with Crippen LogP contribution in [0, 0.1) is 0 Å². The van der Waals surface area contributed by atoms with E-state index in [9.17, 15) is 0 Å². The van der Waals surface area contributed by atoms with Crippen LogP contribution in [0.1, 0.15) is 17.2 Å². The molecule has 1 N–H and O–H groups in total. The number of aromatic amines is 1. The molecular weight excluding hydrogens is 322 g/mol. The molecule has 3 heterocycles. The molecule has 4 nitrogen and oxygen atoms in total. The highest BCUT2D eigenvalue weighted by atomic mass is 16.5. The fourth-order valence-electron chi connectivity index (χ4n) is 4.47. The Morgan fingerprint density at radius 3 is 2.85 bits per heavy atom. The van der Waals surface area contributed by atoms with Crippen molar-refractivity contribution >= 4 is 10.9 Å². The summed E-state index contributed by atoms with van der Waals surface area (Å²) in [5.74, 6) is 0. The van der Waals surface area contributed by atoms with Crippen molar-refractivity contribution in [3.63, 3.8) is 0 Å². The molecule has 1 aromatic heterocycles. The van der Waals surface area contributed by atoms with Crippen molar-refractivity contribution in [1.29, 1.82) is 0 Å². The molecule has 2 aromatic carbocycles. The number of ether oxygens (including phenoxy) is 1. The molecule has 3 aromatic rings. The summed E-state index contributed by atoms with van der Waals surface area (Å²) in [6.45, 7) is 5.97. The van der Waals surface area contributed by atoms with Crippen molar-refractivity contribution in [2.24, 2.45) is 0 Å². The summed E-state index contributed by atoms with van der Waals surface area (Å²) in [4.78, 5) is 8.50. The minimum Gasteiger partial charge on any atom is -0.378 e. The Morgan fingerprint density at radius 1 is 1.00 bits per heavy atom. The SMILES string of the molecule is c1ccc(C2COCC3CN(Cc4ccc5[nH]ccc5c4)CCN32)cc1. The number of benzene rings is 2. The Hall–Kier alpha value is -2.14. The predicted octanol–water partition coefficient (Wildman–Crippen LogP) is 3.43. The normalized spacial score (nSPS) is 24.6. The molecule has 5 rings (SSSR count). The Kier molecular flexibility index (Phi) is 4.25. The van der Waals surface area contributed by atoms with Crippen LogP contribution in [-0.4, -0.2) is 53.7 Å². The first kappa shape index (κ1) is 16.1. The number of hydrogen-bond acceptors (Lipinski definition) is 3. The predicted molar refractivity (Wildman–Crippen MR) is 104 cm³/mol. The third-order valence-corrected chi connectivity index (χ3v) is 5.81. The lowest BCUT2D eigenvalue weighted by Crippen LogP contribution is -2.58. The van der Waals surface area contributed by atoms with E-state index in [4.69, 9.17) is 4.74 Å². The van der Waals surface area contributed by atoms with Crippen molar-refractivity contribution < 1.29 is 4.74 Å². The lowest BCUT2D eigenvalue weighted by Gasteiger charge is -2.48. The van der Waals surface area contributed by atoms with Crippen LogP contribution < -0.4 is 0 Å². The average molecular weight is 347 g/mol. The number of piperazine rings is 1. The molecule has 0 spiro atoms. The molecule has 0 aliphatic carbocycles. The maximum absolute atomic E-state index is 5.98. The minimum absolute atomic E-state index is 0.397. The van der Waals surface area contributed by atoms with Crippen molar-refractivity contribution in [2.75, 3.05) is 32.8 Å². The van der Waals surface area contributed by atoms with E-state index in [1.54, 1.807) is 0 Å². The number of hydrogen-bond donors (Lipinski definition) is 1. The Balaban J connectivity index is 1.29. The van der Waals surface area contributed by atoms with Crippen LogP contribution in [0.3, 0.4) is 0 Å². The largest absolute Gasteiger partial charge is 0.378 e. The van der Waals surface area contributed by atoms with E-state index in [0.29, 0.717) is 12.1 Å². The van der Waals surface area contributed by atoms with Gasteiger partial charge in [-0.3, -0.25) is 9.80 Å². The lowest BCUT2D eigenvalue weighted by atomic mass is 10.00. The second-order valence-corrected chi connectivity index (χ2v) is 7.49. The molecule has 2 aliphatic rings. The highest BCUT2D eigenvalue weighted by Crippen LogP contribution is 2.30. The van der Waals surface area contributed by atoms with Gasteiger partial charge in [0.1, 0.15) is 0 Å². The maximum Gasteiger partial charge on any atom is 0.0664 e. The highest BCUT2D eigenvalue weighted by Gasteiger charge is 2.36. The van der Waals surface area contributed by atoms with Gasteiger partial charge in [-0.1, -0.05) is 36.4 Å². The molecular formula is C22H25N3O. The van der Waals surface area contributed by atoms with Gasteiger partial charge in [0.2, 0.25) is 0 Å². The van der Waals surface area contributed by atoms with E-state index < -0.39 is 0 Å². The minimum atomic E-state index is 0.397. The Morgan fingerprint density at radius 2 is 1.92 bits per heavy atom. The van der Waals surface area contributed by atoms with Gasteiger partial charge in [-0.2, -0.15) is 0 Å². The zero-order chi connectivity index (χ0) is 17.3. The van der Waals surface area contributed by atoms with Crippen molar-refractivity contribution in [2.45, 2.75) is 18.6 Å². The molecule has 0 saturated carbocycles. The summed E-state index contributed by atoms with van der Waals surface area (Å²) in [6, 6.07) is 20.6. The van der Waals surface area contributed by atoms with Gasteiger partial charge < -0.3 is 9.72 Å². The third-order valence-electron chi connectivity index (χ3n) is 5.81. The number of morpholine rings is 1. The van der Waals surface area contributed by atoms with Gasteiger partial charge in [0.05, 0.1) is 19.3 Å². The molecule has 2 saturated heterocycles. The van der Waals surface area contributed by atoms with Crippen LogP contribution in [0.4, 0.5) is 0 Å². The van der Waals surface area contributed by atoms with Crippen LogP contribution in [0.5, 0.6) is 0 Å². The molecule has 2 unspecified atom stereocenters. The molecule has 26 heavy (non-hydrogen) atoms. The molecule has 2 fully saturated rings. The molecule has 0 radical (unpaired) electrons. The summed E-state index contributed by atoms with van der Waals surface area (Å²) in [6.07, 6.45) is 2.01. The van der Waals surface area contributed by atoms with Gasteiger partial charge in [0.25, 0.3) is 0 Å². The molecule has 2 aliphatic heterocycles. The highest BCUT2D eigenvalue weighted by molar-refractivity contribution is 5.79. The van der Waals surface area contributed by atoms with Crippen LogP contribution in [0.25, 0.3) is 10.9 Å². The molecule has 0 amide bonds. The molecule has 0 bridgehead atoms. The van der Waals surface area contributed by atoms with Crippen LogP contribution in [0.15, 0.2) is 60.8 Å². The number of rotatable bonds is 3. The summed E-state index contributed by atoms with van der Waals surface area (Å²) in [5.41, 5.74) is 3.98. The quantitative estimate of drug-likeness (QED) is 0.788. The second-order valence-electron chi connectivity index (χ2n) is 7.49. The van der Waals surface area contributed by atoms with Crippen LogP contribution in [-0.2, 0) is 11.3 Å². The van der Waals surface area contributed by atoms with Crippen molar-refractivity contribution in [3.8, 4) is 0 Å². The van der Waals surface area contributed by atoms with Gasteiger partial charge in [-0.05, 0) is 34.7 Å². The molecule has 4 heteroatoms. The zero-order valence-corrected chi connectivity index (χ0v) is 15.0. The standard InChI is InChI=1S/C22H25N3O/c1-2-4-18(5-3-1)22-16-26-15-20-14-24(10-11-25(20)22)13-17-6-7-21-19(12-17)8-9-23-21/h1-9,12,20,22-23H,10-11,13-16H2. The van der Waals surface area contributed by atoms with E-state index in [1.165, 1.54) is 22.0 Å². The fraction of sp³-hybridized carbons (Fsp3) is 0.364. The van der Waals surface area contributed by atoms with Gasteiger partial charge in [0.15, 0.2) is 0 Å². The summed E-state index contributed by atoms with van der Waals surface area (Å²) in [5, 5.41) is 1.30. The molecule has 134 valence electrons. The fourth-order valence-corrected chi connectivity index (χ4v) is 4.47. The Bertz CT molecular complexity index is 875. The summed E-state index contributed by atoms with van der Waals surface area (Å²) >= 11 is 0. The van der Waals surface area contributed by atoms with Crippen LogP contribution in [0.2, 0.25) is 0 Å². The van der Waals surface area contributed by atoms with E-state index in [-0.39, 0.29) is 0 Å². The number of fused-ring (bicyclic) bond motifs is 2. The smallest absolute Gasteiger partial charge is 0.0664 e. The first-order valence-corrected chi connectivity index (χ1v) is 9.54. The number of nitrogens with one attached hydrogen (secondary N) is 1. The second kappa shape index (κ2) is 6.88. The number of H-pyrrole nitrogens is 1. The van der Waals surface area contributed by atoms with Gasteiger partial charge in [-0.25, -0.2) is 0 Å². The van der Waals surface area contributed by atoms with Gasteiger partial charge in [0, 0.05) is 43.9 Å². The average Bonchev–Trinajstić information content (AvgIpc) is 3.16. The first-order valence-electron chi connectivity index (χ1n) is 9.54. The van der Waals surface area contributed by atoms with Crippen molar-refractivity contribution in [3.05, 3.63) is 71.9 Å². The van der Waals surface area contributed by atoms with E-state index >= 15 is 0 Å². The first-order chi connectivity index (χ1) is 12.9. The van der Waals surface area contributed by atoms with Gasteiger partial charge >= 0.3 is 0 Å². The Labute approximate surface area is 154 Å². The topological polar surface area (TPSA) is 31.5 Å². The van der Waals surface area contributed by atoms with E-state index in [2.05, 4.69) is 69.4 Å². The van der Waals surface area contributed by atoms with E-state index in [1.807, 2.05) is 6.20 Å². The van der Waals surface area contributed by atoms with E-state index in [0.717, 1.165) is 39.4 Å². The van der Waals surface area contributed by atoms with Crippen LogP contribution >= 0.6 is 0 Å². The van der Waals surface area contributed by atoms with Gasteiger partial charge in [-0.15, -0.1) is 0 Å².